The Balaban J connectivity index is 2.61. The van der Waals surface area contributed by atoms with E-state index in [2.05, 4.69) is 10.4 Å². The number of anilines is 1. The fourth-order valence-electron chi connectivity index (χ4n) is 1.35. The van der Waals surface area contributed by atoms with Gasteiger partial charge in [0.25, 0.3) is 0 Å². The molecule has 1 N–H and O–H groups in total. The third-order valence-corrected chi connectivity index (χ3v) is 2.29. The highest BCUT2D eigenvalue weighted by molar-refractivity contribution is 6.33. The van der Waals surface area contributed by atoms with Gasteiger partial charge in [0.05, 0.1) is 10.7 Å². The summed E-state index contributed by atoms with van der Waals surface area (Å²) in [5, 5.41) is 7.91. The van der Waals surface area contributed by atoms with Gasteiger partial charge >= 0.3 is 0 Å². The van der Waals surface area contributed by atoms with E-state index in [4.69, 9.17) is 11.6 Å². The lowest BCUT2D eigenvalue weighted by Crippen LogP contribution is -2.01. The molecule has 72 valence electrons. The van der Waals surface area contributed by atoms with Crippen LogP contribution in [0.5, 0.6) is 0 Å². The summed E-state index contributed by atoms with van der Waals surface area (Å²) in [6.45, 7) is 0. The van der Waals surface area contributed by atoms with Crippen LogP contribution < -0.4 is 5.32 Å². The third-order valence-electron chi connectivity index (χ3n) is 1.99. The zero-order chi connectivity index (χ0) is 9.97. The first-order valence-electron chi connectivity index (χ1n) is 4.29. The lowest BCUT2D eigenvalue weighted by molar-refractivity contribution is 0.882. The summed E-state index contributed by atoms with van der Waals surface area (Å²) in [7, 11) is 1.86. The molecule has 2 rings (SSSR count). The average molecular weight is 208 g/mol. The highest BCUT2D eigenvalue weighted by Crippen LogP contribution is 2.27. The number of nitrogens with one attached hydrogen (secondary N) is 1. The minimum Gasteiger partial charge on any atom is -0.386 e. The Morgan fingerprint density at radius 3 is 2.86 bits per heavy atom. The molecule has 0 radical (unpaired) electrons. The number of halogens is 1. The van der Waals surface area contributed by atoms with Crippen molar-refractivity contribution in [3.63, 3.8) is 0 Å². The highest BCUT2D eigenvalue weighted by Gasteiger charge is 2.07. The zero-order valence-electron chi connectivity index (χ0n) is 7.74. The second kappa shape index (κ2) is 3.72. The fraction of sp³-hybridized carbons (Fsp3) is 0.100. The van der Waals surface area contributed by atoms with Gasteiger partial charge in [-0.25, -0.2) is 4.68 Å². The van der Waals surface area contributed by atoms with Crippen molar-refractivity contribution in [3.8, 4) is 5.69 Å². The summed E-state index contributed by atoms with van der Waals surface area (Å²) in [5.74, 6) is 0. The molecule has 3 nitrogen and oxygen atoms in total. The van der Waals surface area contributed by atoms with Crippen LogP contribution in [0.4, 0.5) is 5.69 Å². The largest absolute Gasteiger partial charge is 0.386 e. The number of benzene rings is 1. The van der Waals surface area contributed by atoms with E-state index in [9.17, 15) is 0 Å². The fourth-order valence-corrected chi connectivity index (χ4v) is 1.61. The Bertz CT molecular complexity index is 423. The van der Waals surface area contributed by atoms with E-state index in [0.717, 1.165) is 11.4 Å². The maximum Gasteiger partial charge on any atom is 0.106 e. The van der Waals surface area contributed by atoms with E-state index in [1.165, 1.54) is 0 Å². The monoisotopic (exact) mass is 207 g/mol. The summed E-state index contributed by atoms with van der Waals surface area (Å²) in [6, 6.07) is 7.58. The molecular formula is C10H10ClN3. The first-order valence-corrected chi connectivity index (χ1v) is 4.67. The Morgan fingerprint density at radius 2 is 2.21 bits per heavy atom. The molecule has 0 aliphatic heterocycles. The second-order valence-corrected chi connectivity index (χ2v) is 3.24. The molecule has 4 heteroatoms. The Kier molecular flexibility index (Phi) is 2.41. The van der Waals surface area contributed by atoms with Gasteiger partial charge in [0.1, 0.15) is 5.69 Å². The predicted octanol–water partition coefficient (Wildman–Crippen LogP) is 2.57. The van der Waals surface area contributed by atoms with Crippen LogP contribution in [-0.2, 0) is 0 Å². The molecule has 14 heavy (non-hydrogen) atoms. The van der Waals surface area contributed by atoms with Gasteiger partial charge in [-0.05, 0) is 18.2 Å². The van der Waals surface area contributed by atoms with Gasteiger partial charge in [-0.2, -0.15) is 5.10 Å². The van der Waals surface area contributed by atoms with E-state index in [-0.39, 0.29) is 0 Å². The topological polar surface area (TPSA) is 29.9 Å². The number of aromatic nitrogens is 2. The molecule has 0 spiro atoms. The first kappa shape index (κ1) is 9.09. The quantitative estimate of drug-likeness (QED) is 0.821. The van der Waals surface area contributed by atoms with E-state index >= 15 is 0 Å². The standard InChI is InChI=1S/C10H10ClN3/c1-12-9-5-2-4-8(11)10(9)14-7-3-6-13-14/h2-7,12H,1H3. The van der Waals surface area contributed by atoms with Crippen LogP contribution in [0.15, 0.2) is 36.7 Å². The molecular weight excluding hydrogens is 198 g/mol. The van der Waals surface area contributed by atoms with Gasteiger partial charge in [-0.15, -0.1) is 0 Å². The third kappa shape index (κ3) is 1.46. The lowest BCUT2D eigenvalue weighted by atomic mass is 10.2. The van der Waals surface area contributed by atoms with Crippen molar-refractivity contribution < 1.29 is 0 Å². The molecule has 1 aromatic carbocycles. The number of rotatable bonds is 2. The van der Waals surface area contributed by atoms with Crippen molar-refractivity contribution in [2.45, 2.75) is 0 Å². The highest BCUT2D eigenvalue weighted by atomic mass is 35.5. The maximum absolute atomic E-state index is 6.10. The Morgan fingerprint density at radius 1 is 1.36 bits per heavy atom. The lowest BCUT2D eigenvalue weighted by Gasteiger charge is -2.10. The van der Waals surface area contributed by atoms with Gasteiger partial charge < -0.3 is 5.32 Å². The zero-order valence-corrected chi connectivity index (χ0v) is 8.49. The van der Waals surface area contributed by atoms with Crippen molar-refractivity contribution in [1.29, 1.82) is 0 Å². The van der Waals surface area contributed by atoms with Gasteiger partial charge in [0, 0.05) is 19.4 Å². The smallest absolute Gasteiger partial charge is 0.106 e. The molecule has 0 amide bonds. The van der Waals surface area contributed by atoms with Crippen molar-refractivity contribution in [3.05, 3.63) is 41.7 Å². The van der Waals surface area contributed by atoms with Crippen LogP contribution in [-0.4, -0.2) is 16.8 Å². The molecule has 0 saturated carbocycles. The molecule has 2 aromatic rings. The van der Waals surface area contributed by atoms with Gasteiger partial charge in [-0.3, -0.25) is 0 Å². The molecule has 0 aliphatic carbocycles. The normalized spacial score (nSPS) is 10.1. The minimum atomic E-state index is 0.681. The summed E-state index contributed by atoms with van der Waals surface area (Å²) in [6.07, 6.45) is 3.59. The van der Waals surface area contributed by atoms with Crippen LogP contribution in [0.25, 0.3) is 5.69 Å². The molecule has 0 unspecified atom stereocenters. The maximum atomic E-state index is 6.10. The van der Waals surface area contributed by atoms with Crippen molar-refractivity contribution in [2.75, 3.05) is 12.4 Å². The summed E-state index contributed by atoms with van der Waals surface area (Å²) >= 11 is 6.10. The van der Waals surface area contributed by atoms with E-state index < -0.39 is 0 Å². The van der Waals surface area contributed by atoms with Crippen molar-refractivity contribution in [2.24, 2.45) is 0 Å². The summed E-state index contributed by atoms with van der Waals surface area (Å²) in [5.41, 5.74) is 1.84. The Labute approximate surface area is 87.3 Å². The first-order chi connectivity index (χ1) is 6.83. The predicted molar refractivity (Wildman–Crippen MR) is 58.1 cm³/mol. The van der Waals surface area contributed by atoms with E-state index in [1.54, 1.807) is 10.9 Å². The summed E-state index contributed by atoms with van der Waals surface area (Å²) in [4.78, 5) is 0. The number of nitrogens with zero attached hydrogens (tertiary/aromatic N) is 2. The average Bonchev–Trinajstić information content (AvgIpc) is 2.70. The van der Waals surface area contributed by atoms with Crippen LogP contribution >= 0.6 is 11.6 Å². The molecule has 1 heterocycles. The van der Waals surface area contributed by atoms with Crippen LogP contribution in [0.1, 0.15) is 0 Å². The second-order valence-electron chi connectivity index (χ2n) is 2.84. The molecule has 0 fully saturated rings. The van der Waals surface area contributed by atoms with Crippen LogP contribution in [0.3, 0.4) is 0 Å². The minimum absolute atomic E-state index is 0.681. The van der Waals surface area contributed by atoms with Crippen LogP contribution in [0.2, 0.25) is 5.02 Å². The molecule has 0 saturated heterocycles. The van der Waals surface area contributed by atoms with Crippen molar-refractivity contribution in [1.82, 2.24) is 9.78 Å². The molecule has 0 atom stereocenters. The van der Waals surface area contributed by atoms with Crippen molar-refractivity contribution >= 4 is 17.3 Å². The van der Waals surface area contributed by atoms with Gasteiger partial charge in [-0.1, -0.05) is 17.7 Å². The molecule has 1 aromatic heterocycles. The van der Waals surface area contributed by atoms with Crippen LogP contribution in [0, 0.1) is 0 Å². The van der Waals surface area contributed by atoms with Gasteiger partial charge in [0.15, 0.2) is 0 Å². The van der Waals surface area contributed by atoms with E-state index in [1.807, 2.05) is 37.5 Å². The number of para-hydroxylation sites is 1. The number of hydrogen-bond acceptors (Lipinski definition) is 2. The van der Waals surface area contributed by atoms with E-state index in [0.29, 0.717) is 5.02 Å². The SMILES string of the molecule is CNc1cccc(Cl)c1-n1cccn1. The Hall–Kier alpha value is -1.48. The summed E-state index contributed by atoms with van der Waals surface area (Å²) < 4.78 is 1.74. The molecule has 0 bridgehead atoms. The number of hydrogen-bond donors (Lipinski definition) is 1. The van der Waals surface area contributed by atoms with Gasteiger partial charge in [0.2, 0.25) is 0 Å². The molecule has 0 aliphatic rings.